The van der Waals surface area contributed by atoms with Crippen molar-refractivity contribution < 1.29 is 9.53 Å². The molecule has 0 aliphatic carbocycles. The third-order valence-corrected chi connectivity index (χ3v) is 3.26. The second kappa shape index (κ2) is 7.19. The lowest BCUT2D eigenvalue weighted by atomic mass is 10.0. The molecule has 1 aromatic carbocycles. The van der Waals surface area contributed by atoms with E-state index < -0.39 is 0 Å². The van der Waals surface area contributed by atoms with Gasteiger partial charge in [-0.15, -0.1) is 0 Å². The monoisotopic (exact) mass is 248 g/mol. The standard InChI is InChI=1S/C13H21BN2O2/c1-10(16(2)6-7-18-3)11-4-5-13(15-14)12(8-11)9-17/h4-5,8-10,15H,6-7,14H2,1-3H3. The van der Waals surface area contributed by atoms with Gasteiger partial charge in [-0.25, -0.2) is 0 Å². The SMILES string of the molecule is BNc1ccc(C(C)N(C)CCOC)cc1C=O. The zero-order valence-electron chi connectivity index (χ0n) is 11.6. The average molecular weight is 248 g/mol. The van der Waals surface area contributed by atoms with E-state index in [1.807, 2.05) is 26.2 Å². The first-order valence-electron chi connectivity index (χ1n) is 6.10. The molecule has 0 heterocycles. The molecule has 0 radical (unpaired) electrons. The molecule has 98 valence electrons. The lowest BCUT2D eigenvalue weighted by Gasteiger charge is -2.25. The predicted octanol–water partition coefficient (Wildman–Crippen LogP) is 1.10. The van der Waals surface area contributed by atoms with Crippen LogP contribution >= 0.6 is 0 Å². The first-order valence-corrected chi connectivity index (χ1v) is 6.10. The number of aldehydes is 1. The number of anilines is 1. The molecule has 4 nitrogen and oxygen atoms in total. The Balaban J connectivity index is 2.85. The van der Waals surface area contributed by atoms with Crippen LogP contribution in [0.4, 0.5) is 5.69 Å². The minimum Gasteiger partial charge on any atom is -0.434 e. The van der Waals surface area contributed by atoms with Crippen molar-refractivity contribution >= 4 is 20.0 Å². The second-order valence-corrected chi connectivity index (χ2v) is 4.36. The van der Waals surface area contributed by atoms with Crippen molar-refractivity contribution in [2.45, 2.75) is 13.0 Å². The Hall–Kier alpha value is -1.33. The molecule has 1 rings (SSSR count). The van der Waals surface area contributed by atoms with E-state index in [4.69, 9.17) is 4.74 Å². The molecular weight excluding hydrogens is 227 g/mol. The normalized spacial score (nSPS) is 12.4. The molecule has 0 saturated heterocycles. The summed E-state index contributed by atoms with van der Waals surface area (Å²) in [6, 6.07) is 6.18. The number of methoxy groups -OCH3 is 1. The summed E-state index contributed by atoms with van der Waals surface area (Å²) in [5.41, 5.74) is 2.69. The molecule has 0 aliphatic heterocycles. The van der Waals surface area contributed by atoms with Crippen LogP contribution < -0.4 is 5.23 Å². The van der Waals surface area contributed by atoms with Crippen LogP contribution in [0.15, 0.2) is 18.2 Å². The number of hydrogen-bond donors (Lipinski definition) is 1. The van der Waals surface area contributed by atoms with E-state index in [2.05, 4.69) is 24.1 Å². The summed E-state index contributed by atoms with van der Waals surface area (Å²) in [6.07, 6.45) is 0.886. The number of carbonyl (C=O) groups is 1. The van der Waals surface area contributed by atoms with Gasteiger partial charge in [-0.2, -0.15) is 0 Å². The maximum atomic E-state index is 11.0. The summed E-state index contributed by atoms with van der Waals surface area (Å²) in [6.45, 7) is 3.69. The van der Waals surface area contributed by atoms with Crippen LogP contribution in [0.1, 0.15) is 28.9 Å². The molecular formula is C13H21BN2O2. The maximum Gasteiger partial charge on any atom is 0.214 e. The van der Waals surface area contributed by atoms with Gasteiger partial charge in [-0.3, -0.25) is 9.69 Å². The first-order chi connectivity index (χ1) is 8.63. The lowest BCUT2D eigenvalue weighted by Crippen LogP contribution is -2.26. The Kier molecular flexibility index (Phi) is 5.88. The maximum absolute atomic E-state index is 11.0. The highest BCUT2D eigenvalue weighted by atomic mass is 16.5. The number of hydrogen-bond acceptors (Lipinski definition) is 4. The fraction of sp³-hybridized carbons (Fsp3) is 0.462. The molecule has 0 fully saturated rings. The van der Waals surface area contributed by atoms with Crippen molar-refractivity contribution in [2.24, 2.45) is 0 Å². The minimum absolute atomic E-state index is 0.254. The molecule has 0 saturated carbocycles. The van der Waals surface area contributed by atoms with Gasteiger partial charge < -0.3 is 9.96 Å². The smallest absolute Gasteiger partial charge is 0.214 e. The summed E-state index contributed by atoms with van der Waals surface area (Å²) < 4.78 is 5.07. The third-order valence-electron chi connectivity index (χ3n) is 3.26. The van der Waals surface area contributed by atoms with Crippen molar-refractivity contribution in [1.29, 1.82) is 0 Å². The number of nitrogens with zero attached hydrogens (tertiary/aromatic N) is 1. The van der Waals surface area contributed by atoms with Gasteiger partial charge in [-0.05, 0) is 31.7 Å². The van der Waals surface area contributed by atoms with Gasteiger partial charge in [0.25, 0.3) is 0 Å². The zero-order chi connectivity index (χ0) is 13.5. The van der Waals surface area contributed by atoms with Crippen molar-refractivity contribution in [3.8, 4) is 0 Å². The van der Waals surface area contributed by atoms with Crippen LogP contribution in [0.5, 0.6) is 0 Å². The van der Waals surface area contributed by atoms with Crippen LogP contribution in [0.25, 0.3) is 0 Å². The van der Waals surface area contributed by atoms with E-state index in [0.29, 0.717) is 12.2 Å². The number of ether oxygens (including phenoxy) is 1. The molecule has 5 heteroatoms. The van der Waals surface area contributed by atoms with Gasteiger partial charge in [0.2, 0.25) is 7.98 Å². The second-order valence-electron chi connectivity index (χ2n) is 4.36. The Bertz CT molecular complexity index is 399. The van der Waals surface area contributed by atoms with Gasteiger partial charge in [0.05, 0.1) is 6.61 Å². The number of benzene rings is 1. The first kappa shape index (κ1) is 14.7. The molecule has 1 unspecified atom stereocenters. The van der Waals surface area contributed by atoms with E-state index in [1.54, 1.807) is 7.11 Å². The molecule has 18 heavy (non-hydrogen) atoms. The summed E-state index contributed by atoms with van der Waals surface area (Å²) in [4.78, 5) is 13.2. The zero-order valence-corrected chi connectivity index (χ0v) is 11.6. The largest absolute Gasteiger partial charge is 0.434 e. The molecule has 1 aromatic rings. The van der Waals surface area contributed by atoms with Crippen LogP contribution in [-0.4, -0.2) is 46.5 Å². The molecule has 0 aliphatic rings. The summed E-state index contributed by atoms with van der Waals surface area (Å²) in [5.74, 6) is 0. The molecule has 0 aromatic heterocycles. The average Bonchev–Trinajstić information content (AvgIpc) is 2.42. The van der Waals surface area contributed by atoms with Gasteiger partial charge in [0.15, 0.2) is 6.29 Å². The van der Waals surface area contributed by atoms with E-state index >= 15 is 0 Å². The number of likely N-dealkylation sites (N-methyl/N-ethyl adjacent to an activating group) is 1. The van der Waals surface area contributed by atoms with Gasteiger partial charge in [0, 0.05) is 30.9 Å². The minimum atomic E-state index is 0.254. The van der Waals surface area contributed by atoms with Crippen LogP contribution in [-0.2, 0) is 4.74 Å². The van der Waals surface area contributed by atoms with Crippen molar-refractivity contribution in [3.63, 3.8) is 0 Å². The lowest BCUT2D eigenvalue weighted by molar-refractivity contribution is 0.112. The summed E-state index contributed by atoms with van der Waals surface area (Å²) >= 11 is 0. The van der Waals surface area contributed by atoms with E-state index in [-0.39, 0.29) is 6.04 Å². The third kappa shape index (κ3) is 3.58. The van der Waals surface area contributed by atoms with Crippen molar-refractivity contribution in [3.05, 3.63) is 29.3 Å². The van der Waals surface area contributed by atoms with Crippen LogP contribution in [0.3, 0.4) is 0 Å². The van der Waals surface area contributed by atoms with Crippen molar-refractivity contribution in [1.82, 2.24) is 4.90 Å². The quantitative estimate of drug-likeness (QED) is 0.579. The van der Waals surface area contributed by atoms with Gasteiger partial charge in [0.1, 0.15) is 0 Å². The number of nitrogens with one attached hydrogen (secondary N) is 1. The highest BCUT2D eigenvalue weighted by Crippen LogP contribution is 2.23. The highest BCUT2D eigenvalue weighted by Gasteiger charge is 2.12. The van der Waals surface area contributed by atoms with Crippen LogP contribution in [0.2, 0.25) is 0 Å². The summed E-state index contributed by atoms with van der Waals surface area (Å²) in [7, 11) is 5.57. The Morgan fingerprint density at radius 2 is 2.28 bits per heavy atom. The van der Waals surface area contributed by atoms with Gasteiger partial charge >= 0.3 is 0 Å². The molecule has 0 bridgehead atoms. The van der Waals surface area contributed by atoms with Crippen LogP contribution in [0, 0.1) is 0 Å². The van der Waals surface area contributed by atoms with E-state index in [1.165, 1.54) is 0 Å². The van der Waals surface area contributed by atoms with E-state index in [0.717, 1.165) is 24.1 Å². The Morgan fingerprint density at radius 1 is 1.56 bits per heavy atom. The number of rotatable bonds is 7. The molecule has 0 spiro atoms. The molecule has 1 N–H and O–H groups in total. The van der Waals surface area contributed by atoms with E-state index in [9.17, 15) is 4.79 Å². The van der Waals surface area contributed by atoms with Gasteiger partial charge in [-0.1, -0.05) is 6.07 Å². The Morgan fingerprint density at radius 3 is 2.83 bits per heavy atom. The Labute approximate surface area is 110 Å². The summed E-state index contributed by atoms with van der Waals surface area (Å²) in [5, 5.41) is 3.01. The molecule has 0 amide bonds. The highest BCUT2D eigenvalue weighted by molar-refractivity contribution is 6.17. The predicted molar refractivity (Wildman–Crippen MR) is 76.9 cm³/mol. The topological polar surface area (TPSA) is 41.6 Å². The number of carbonyl (C=O) groups excluding carboxylic acids is 1. The fourth-order valence-electron chi connectivity index (χ4n) is 1.85. The molecule has 1 atom stereocenters. The fourth-order valence-corrected chi connectivity index (χ4v) is 1.85. The van der Waals surface area contributed by atoms with Crippen molar-refractivity contribution in [2.75, 3.05) is 32.5 Å².